The highest BCUT2D eigenvalue weighted by Gasteiger charge is 2.24. The topological polar surface area (TPSA) is 46.3 Å². The van der Waals surface area contributed by atoms with Gasteiger partial charge >= 0.3 is 0 Å². The fourth-order valence-corrected chi connectivity index (χ4v) is 2.37. The van der Waals surface area contributed by atoms with Crippen LogP contribution in [0.25, 0.3) is 0 Å². The van der Waals surface area contributed by atoms with E-state index in [0.29, 0.717) is 12.5 Å². The number of rotatable bonds is 4. The van der Waals surface area contributed by atoms with Crippen LogP contribution < -0.4 is 5.73 Å². The summed E-state index contributed by atoms with van der Waals surface area (Å²) in [7, 11) is 1.89. The van der Waals surface area contributed by atoms with Crippen LogP contribution in [-0.4, -0.2) is 29.9 Å². The van der Waals surface area contributed by atoms with E-state index < -0.39 is 6.04 Å². The normalized spacial score (nSPS) is 19.9. The van der Waals surface area contributed by atoms with E-state index in [1.807, 2.05) is 11.9 Å². The van der Waals surface area contributed by atoms with Crippen LogP contribution in [0.2, 0.25) is 0 Å². The maximum atomic E-state index is 12.0. The minimum atomic E-state index is -0.411. The zero-order valence-corrected chi connectivity index (χ0v) is 10.3. The molecule has 0 heterocycles. The lowest BCUT2D eigenvalue weighted by molar-refractivity contribution is -0.133. The van der Waals surface area contributed by atoms with Gasteiger partial charge in [0.2, 0.25) is 5.91 Å². The van der Waals surface area contributed by atoms with Crippen LogP contribution in [0.15, 0.2) is 12.7 Å². The van der Waals surface area contributed by atoms with Crippen molar-refractivity contribution in [2.45, 2.75) is 57.0 Å². The zero-order chi connectivity index (χ0) is 12.0. The van der Waals surface area contributed by atoms with Gasteiger partial charge in [-0.3, -0.25) is 4.79 Å². The molecule has 92 valence electrons. The zero-order valence-electron chi connectivity index (χ0n) is 10.3. The minimum absolute atomic E-state index is 0.0619. The van der Waals surface area contributed by atoms with Crippen molar-refractivity contribution in [1.82, 2.24) is 4.90 Å². The van der Waals surface area contributed by atoms with Crippen molar-refractivity contribution in [3.05, 3.63) is 12.7 Å². The first kappa shape index (κ1) is 13.2. The molecule has 1 amide bonds. The lowest BCUT2D eigenvalue weighted by Gasteiger charge is -2.29. The van der Waals surface area contributed by atoms with Crippen molar-refractivity contribution in [2.24, 2.45) is 5.73 Å². The Morgan fingerprint density at radius 3 is 2.50 bits per heavy atom. The van der Waals surface area contributed by atoms with Crippen molar-refractivity contribution in [3.63, 3.8) is 0 Å². The molecule has 1 aliphatic carbocycles. The van der Waals surface area contributed by atoms with Crippen molar-refractivity contribution in [2.75, 3.05) is 7.05 Å². The third-order valence-electron chi connectivity index (χ3n) is 3.46. The molecule has 0 aromatic heterocycles. The number of nitrogens with two attached hydrogens (primary N) is 1. The second-order valence-electron chi connectivity index (χ2n) is 4.73. The van der Waals surface area contributed by atoms with Crippen LogP contribution in [0.5, 0.6) is 0 Å². The van der Waals surface area contributed by atoms with E-state index in [4.69, 9.17) is 5.73 Å². The molecule has 1 rings (SSSR count). The predicted molar refractivity (Wildman–Crippen MR) is 67.0 cm³/mol. The van der Waals surface area contributed by atoms with Crippen LogP contribution in [0.3, 0.4) is 0 Å². The molecule has 0 aromatic rings. The molecule has 16 heavy (non-hydrogen) atoms. The highest BCUT2D eigenvalue weighted by molar-refractivity contribution is 5.81. The molecule has 0 radical (unpaired) electrons. The van der Waals surface area contributed by atoms with Crippen LogP contribution in [-0.2, 0) is 4.79 Å². The summed E-state index contributed by atoms with van der Waals surface area (Å²) in [6.45, 7) is 3.62. The largest absolute Gasteiger partial charge is 0.341 e. The number of hydrogen-bond acceptors (Lipinski definition) is 2. The van der Waals surface area contributed by atoms with Crippen LogP contribution >= 0.6 is 0 Å². The highest BCUT2D eigenvalue weighted by atomic mass is 16.2. The number of nitrogens with zero attached hydrogens (tertiary/aromatic N) is 1. The maximum absolute atomic E-state index is 12.0. The quantitative estimate of drug-likeness (QED) is 0.587. The van der Waals surface area contributed by atoms with Gasteiger partial charge in [-0.2, -0.15) is 0 Å². The number of carbonyl (C=O) groups is 1. The third-order valence-corrected chi connectivity index (χ3v) is 3.46. The second kappa shape index (κ2) is 6.69. The van der Waals surface area contributed by atoms with Crippen molar-refractivity contribution in [3.8, 4) is 0 Å². The Labute approximate surface area is 98.7 Å². The molecule has 0 spiro atoms. The number of hydrogen-bond donors (Lipinski definition) is 1. The molecule has 3 heteroatoms. The minimum Gasteiger partial charge on any atom is -0.341 e. The smallest absolute Gasteiger partial charge is 0.239 e. The van der Waals surface area contributed by atoms with Gasteiger partial charge in [0.25, 0.3) is 0 Å². The third kappa shape index (κ3) is 3.63. The van der Waals surface area contributed by atoms with Gasteiger partial charge in [0.1, 0.15) is 0 Å². The Morgan fingerprint density at radius 1 is 1.44 bits per heavy atom. The Morgan fingerprint density at radius 2 is 2.00 bits per heavy atom. The van der Waals surface area contributed by atoms with Gasteiger partial charge in [0.05, 0.1) is 6.04 Å². The molecular formula is C13H24N2O. The van der Waals surface area contributed by atoms with Gasteiger partial charge in [0, 0.05) is 13.1 Å². The number of carbonyl (C=O) groups excluding carboxylic acids is 1. The molecule has 1 atom stereocenters. The van der Waals surface area contributed by atoms with Crippen LogP contribution in [0.4, 0.5) is 0 Å². The Kier molecular flexibility index (Phi) is 5.53. The number of likely N-dealkylation sites (N-methyl/N-ethyl adjacent to an activating group) is 1. The first-order valence-corrected chi connectivity index (χ1v) is 6.30. The summed E-state index contributed by atoms with van der Waals surface area (Å²) in [5, 5.41) is 0. The molecule has 0 aromatic carbocycles. The summed E-state index contributed by atoms with van der Waals surface area (Å²) < 4.78 is 0. The van der Waals surface area contributed by atoms with Gasteiger partial charge in [-0.15, -0.1) is 6.58 Å². The first-order chi connectivity index (χ1) is 7.66. The molecule has 1 fully saturated rings. The van der Waals surface area contributed by atoms with Gasteiger partial charge in [-0.25, -0.2) is 0 Å². The fraction of sp³-hybridized carbons (Fsp3) is 0.769. The molecule has 0 aliphatic heterocycles. The number of amides is 1. The average Bonchev–Trinajstić information content (AvgIpc) is 2.56. The van der Waals surface area contributed by atoms with Crippen LogP contribution in [0, 0.1) is 0 Å². The second-order valence-corrected chi connectivity index (χ2v) is 4.73. The van der Waals surface area contributed by atoms with Crippen molar-refractivity contribution in [1.29, 1.82) is 0 Å². The summed E-state index contributed by atoms with van der Waals surface area (Å²) >= 11 is 0. The SMILES string of the molecule is C=CCC(N)C(=O)N(C)C1CCCCCC1. The van der Waals surface area contributed by atoms with E-state index in [1.165, 1.54) is 25.7 Å². The molecular weight excluding hydrogens is 200 g/mol. The monoisotopic (exact) mass is 224 g/mol. The summed E-state index contributed by atoms with van der Waals surface area (Å²) in [5.74, 6) is 0.0619. The Bertz CT molecular complexity index is 232. The first-order valence-electron chi connectivity index (χ1n) is 6.30. The maximum Gasteiger partial charge on any atom is 0.239 e. The average molecular weight is 224 g/mol. The standard InChI is InChI=1S/C13H24N2O/c1-3-8-12(14)13(16)15(2)11-9-6-4-5-7-10-11/h3,11-12H,1,4-10,14H2,2H3. The van der Waals surface area contributed by atoms with Crippen LogP contribution in [0.1, 0.15) is 44.9 Å². The fourth-order valence-electron chi connectivity index (χ4n) is 2.37. The van der Waals surface area contributed by atoms with E-state index in [0.717, 1.165) is 12.8 Å². The molecule has 3 nitrogen and oxygen atoms in total. The lowest BCUT2D eigenvalue weighted by Crippen LogP contribution is -2.46. The van der Waals surface area contributed by atoms with E-state index >= 15 is 0 Å². The van der Waals surface area contributed by atoms with E-state index in [-0.39, 0.29) is 5.91 Å². The molecule has 0 saturated heterocycles. The van der Waals surface area contributed by atoms with Gasteiger partial charge < -0.3 is 10.6 Å². The summed E-state index contributed by atoms with van der Waals surface area (Å²) in [5.41, 5.74) is 5.81. The molecule has 0 bridgehead atoms. The summed E-state index contributed by atoms with van der Waals surface area (Å²) in [6, 6.07) is -0.0170. The molecule has 2 N–H and O–H groups in total. The van der Waals surface area contributed by atoms with E-state index in [9.17, 15) is 4.79 Å². The molecule has 1 unspecified atom stereocenters. The molecule has 1 saturated carbocycles. The van der Waals surface area contributed by atoms with E-state index in [1.54, 1.807) is 6.08 Å². The van der Waals surface area contributed by atoms with E-state index in [2.05, 4.69) is 6.58 Å². The molecule has 1 aliphatic rings. The Balaban J connectivity index is 2.50. The predicted octanol–water partition coefficient (Wildman–Crippen LogP) is 2.07. The van der Waals surface area contributed by atoms with Gasteiger partial charge in [-0.05, 0) is 19.3 Å². The highest BCUT2D eigenvalue weighted by Crippen LogP contribution is 2.21. The van der Waals surface area contributed by atoms with Gasteiger partial charge in [0.15, 0.2) is 0 Å². The summed E-state index contributed by atoms with van der Waals surface area (Å²) in [6.07, 6.45) is 9.61. The lowest BCUT2D eigenvalue weighted by atomic mass is 10.1. The van der Waals surface area contributed by atoms with Crippen molar-refractivity contribution < 1.29 is 4.79 Å². The Hall–Kier alpha value is -0.830. The summed E-state index contributed by atoms with van der Waals surface area (Å²) in [4.78, 5) is 13.9. The van der Waals surface area contributed by atoms with Crippen molar-refractivity contribution >= 4 is 5.91 Å². The van der Waals surface area contributed by atoms with Gasteiger partial charge in [-0.1, -0.05) is 31.8 Å².